The number of piperidine rings is 1. The zero-order valence-corrected chi connectivity index (χ0v) is 13.2. The second-order valence-corrected chi connectivity index (χ2v) is 6.31. The van der Waals surface area contributed by atoms with Crippen LogP contribution >= 0.6 is 11.6 Å². The van der Waals surface area contributed by atoms with Crippen LogP contribution < -0.4 is 0 Å². The van der Waals surface area contributed by atoms with Crippen LogP contribution in [0.4, 0.5) is 0 Å². The van der Waals surface area contributed by atoms with E-state index in [-0.39, 0.29) is 0 Å². The molecular formula is C17H23ClN2. The Morgan fingerprint density at radius 3 is 2.40 bits per heavy atom. The number of benzene rings is 1. The highest BCUT2D eigenvalue weighted by Gasteiger charge is 2.31. The summed E-state index contributed by atoms with van der Waals surface area (Å²) in [6, 6.07) is 7.74. The molecule has 1 aromatic carbocycles. The normalized spacial score (nSPS) is 18.7. The van der Waals surface area contributed by atoms with Gasteiger partial charge in [-0.3, -0.25) is 4.90 Å². The minimum Gasteiger partial charge on any atom is -0.299 e. The van der Waals surface area contributed by atoms with Gasteiger partial charge in [-0.25, -0.2) is 0 Å². The third-order valence-corrected chi connectivity index (χ3v) is 5.34. The first kappa shape index (κ1) is 15.4. The Kier molecular flexibility index (Phi) is 5.07. The number of nitriles is 1. The lowest BCUT2D eigenvalue weighted by atomic mass is 9.74. The van der Waals surface area contributed by atoms with Crippen molar-refractivity contribution in [3.8, 4) is 6.07 Å². The molecule has 0 aromatic heterocycles. The van der Waals surface area contributed by atoms with Crippen molar-refractivity contribution in [1.29, 1.82) is 5.26 Å². The van der Waals surface area contributed by atoms with Gasteiger partial charge in [0.05, 0.1) is 11.6 Å². The molecule has 20 heavy (non-hydrogen) atoms. The summed E-state index contributed by atoms with van der Waals surface area (Å²) in [7, 11) is 0. The van der Waals surface area contributed by atoms with Crippen LogP contribution in [-0.2, 0) is 6.54 Å². The molecular weight excluding hydrogens is 268 g/mol. The Balaban J connectivity index is 1.98. The molecule has 1 fully saturated rings. The Morgan fingerprint density at radius 1 is 1.25 bits per heavy atom. The maximum absolute atomic E-state index is 8.87. The van der Waals surface area contributed by atoms with Crippen LogP contribution in [-0.4, -0.2) is 18.0 Å². The van der Waals surface area contributed by atoms with Gasteiger partial charge in [0.2, 0.25) is 0 Å². The van der Waals surface area contributed by atoms with Gasteiger partial charge in [-0.15, -0.1) is 0 Å². The van der Waals surface area contributed by atoms with Crippen molar-refractivity contribution in [3.05, 3.63) is 34.3 Å². The first-order chi connectivity index (χ1) is 9.62. The molecule has 0 bridgehead atoms. The van der Waals surface area contributed by atoms with E-state index in [1.54, 1.807) is 6.07 Å². The molecule has 0 saturated carbocycles. The largest absolute Gasteiger partial charge is 0.299 e. The molecule has 1 heterocycles. The summed E-state index contributed by atoms with van der Waals surface area (Å²) < 4.78 is 0. The van der Waals surface area contributed by atoms with E-state index in [1.165, 1.54) is 25.7 Å². The van der Waals surface area contributed by atoms with Crippen LogP contribution in [0.1, 0.15) is 50.7 Å². The van der Waals surface area contributed by atoms with Gasteiger partial charge in [0.15, 0.2) is 0 Å². The molecule has 2 rings (SSSR count). The third-order valence-electron chi connectivity index (χ3n) is 4.99. The van der Waals surface area contributed by atoms with E-state index in [1.807, 2.05) is 12.1 Å². The van der Waals surface area contributed by atoms with Gasteiger partial charge in [0, 0.05) is 11.6 Å². The highest BCUT2D eigenvalue weighted by atomic mass is 35.5. The Morgan fingerprint density at radius 2 is 1.90 bits per heavy atom. The molecule has 1 saturated heterocycles. The van der Waals surface area contributed by atoms with Crippen LogP contribution in [0.25, 0.3) is 0 Å². The molecule has 0 N–H and O–H groups in total. The van der Waals surface area contributed by atoms with Gasteiger partial charge in [0.1, 0.15) is 0 Å². The van der Waals surface area contributed by atoms with E-state index in [9.17, 15) is 0 Å². The molecule has 0 aliphatic carbocycles. The fraction of sp³-hybridized carbons (Fsp3) is 0.588. The molecule has 0 spiro atoms. The van der Waals surface area contributed by atoms with Gasteiger partial charge in [-0.2, -0.15) is 5.26 Å². The number of halogens is 1. The van der Waals surface area contributed by atoms with Crippen molar-refractivity contribution in [1.82, 2.24) is 4.90 Å². The number of rotatable bonds is 4. The predicted molar refractivity (Wildman–Crippen MR) is 83.7 cm³/mol. The maximum Gasteiger partial charge on any atom is 0.0992 e. The van der Waals surface area contributed by atoms with Crippen molar-refractivity contribution in [3.63, 3.8) is 0 Å². The zero-order chi connectivity index (χ0) is 14.6. The van der Waals surface area contributed by atoms with Crippen LogP contribution in [0, 0.1) is 16.7 Å². The van der Waals surface area contributed by atoms with E-state index in [4.69, 9.17) is 16.9 Å². The van der Waals surface area contributed by atoms with Crippen molar-refractivity contribution < 1.29 is 0 Å². The van der Waals surface area contributed by atoms with Crippen molar-refractivity contribution in [2.24, 2.45) is 5.41 Å². The van der Waals surface area contributed by atoms with Crippen molar-refractivity contribution in [2.45, 2.75) is 46.1 Å². The SMILES string of the molecule is CCC1(CC)CCN(Cc2ccc(C#N)cc2Cl)CC1. The predicted octanol–water partition coefficient (Wildman–Crippen LogP) is 4.61. The standard InChI is InChI=1S/C17H23ClN2/c1-3-17(4-2)7-9-20(10-8-17)13-15-6-5-14(12-19)11-16(15)18/h5-6,11H,3-4,7-10,13H2,1-2H3. The van der Waals surface area contributed by atoms with Gasteiger partial charge < -0.3 is 0 Å². The molecule has 2 nitrogen and oxygen atoms in total. The smallest absolute Gasteiger partial charge is 0.0992 e. The van der Waals surface area contributed by atoms with E-state index in [2.05, 4.69) is 24.8 Å². The Labute approximate surface area is 127 Å². The van der Waals surface area contributed by atoms with Crippen LogP contribution in [0.5, 0.6) is 0 Å². The molecule has 0 amide bonds. The molecule has 0 radical (unpaired) electrons. The lowest BCUT2D eigenvalue weighted by Crippen LogP contribution is -2.39. The number of hydrogen-bond donors (Lipinski definition) is 0. The fourth-order valence-corrected chi connectivity index (χ4v) is 3.37. The maximum atomic E-state index is 8.87. The quantitative estimate of drug-likeness (QED) is 0.809. The summed E-state index contributed by atoms with van der Waals surface area (Å²) >= 11 is 6.26. The molecule has 0 unspecified atom stereocenters. The van der Waals surface area contributed by atoms with Gasteiger partial charge >= 0.3 is 0 Å². The fourth-order valence-electron chi connectivity index (χ4n) is 3.13. The summed E-state index contributed by atoms with van der Waals surface area (Å²) in [6.45, 7) is 7.83. The molecule has 1 aromatic rings. The van der Waals surface area contributed by atoms with Crippen LogP contribution in [0.2, 0.25) is 5.02 Å². The number of hydrogen-bond acceptors (Lipinski definition) is 2. The van der Waals surface area contributed by atoms with Crippen molar-refractivity contribution in [2.75, 3.05) is 13.1 Å². The van der Waals surface area contributed by atoms with E-state index in [0.29, 0.717) is 16.0 Å². The summed E-state index contributed by atoms with van der Waals surface area (Å²) in [5, 5.41) is 9.58. The summed E-state index contributed by atoms with van der Waals surface area (Å²) in [5.41, 5.74) is 2.32. The zero-order valence-electron chi connectivity index (χ0n) is 12.5. The second kappa shape index (κ2) is 6.61. The third kappa shape index (κ3) is 3.34. The Hall–Kier alpha value is -1.04. The van der Waals surface area contributed by atoms with Gasteiger partial charge in [0.25, 0.3) is 0 Å². The molecule has 1 aliphatic heterocycles. The average Bonchev–Trinajstić information content (AvgIpc) is 2.50. The van der Waals surface area contributed by atoms with E-state index < -0.39 is 0 Å². The highest BCUT2D eigenvalue weighted by molar-refractivity contribution is 6.31. The molecule has 108 valence electrons. The number of likely N-dealkylation sites (tertiary alicyclic amines) is 1. The minimum atomic E-state index is 0.560. The minimum absolute atomic E-state index is 0.560. The first-order valence-electron chi connectivity index (χ1n) is 7.53. The average molecular weight is 291 g/mol. The van der Waals surface area contributed by atoms with Crippen LogP contribution in [0.15, 0.2) is 18.2 Å². The summed E-state index contributed by atoms with van der Waals surface area (Å²) in [5.74, 6) is 0. The summed E-state index contributed by atoms with van der Waals surface area (Å²) in [6.07, 6.45) is 5.14. The molecule has 3 heteroatoms. The lowest BCUT2D eigenvalue weighted by molar-refractivity contribution is 0.0909. The highest BCUT2D eigenvalue weighted by Crippen LogP contribution is 2.38. The topological polar surface area (TPSA) is 27.0 Å². The van der Waals surface area contributed by atoms with Crippen molar-refractivity contribution >= 4 is 11.6 Å². The van der Waals surface area contributed by atoms with Gasteiger partial charge in [-0.05, 0) is 49.0 Å². The van der Waals surface area contributed by atoms with Gasteiger partial charge in [-0.1, -0.05) is 44.4 Å². The monoisotopic (exact) mass is 290 g/mol. The molecule has 0 atom stereocenters. The second-order valence-electron chi connectivity index (χ2n) is 5.90. The summed E-state index contributed by atoms with van der Waals surface area (Å²) in [4.78, 5) is 2.48. The lowest BCUT2D eigenvalue weighted by Gasteiger charge is -2.41. The number of nitrogens with zero attached hydrogens (tertiary/aromatic N) is 2. The molecule has 1 aliphatic rings. The first-order valence-corrected chi connectivity index (χ1v) is 7.91. The van der Waals surface area contributed by atoms with E-state index >= 15 is 0 Å². The Bertz CT molecular complexity index is 490. The van der Waals surface area contributed by atoms with Crippen LogP contribution in [0.3, 0.4) is 0 Å². The van der Waals surface area contributed by atoms with E-state index in [0.717, 1.165) is 25.2 Å².